The van der Waals surface area contributed by atoms with Gasteiger partial charge in [-0.25, -0.2) is 0 Å². The minimum absolute atomic E-state index is 0.784. The lowest BCUT2D eigenvalue weighted by atomic mass is 10.1. The van der Waals surface area contributed by atoms with E-state index in [0.29, 0.717) is 0 Å². The Morgan fingerprint density at radius 1 is 1.88 bits per heavy atom. The molecule has 0 nitrogen and oxygen atoms in total. The lowest BCUT2D eigenvalue weighted by molar-refractivity contribution is 0.929. The zero-order valence-electron chi connectivity index (χ0n) is 5.28. The summed E-state index contributed by atoms with van der Waals surface area (Å²) in [5.41, 5.74) is 0. The van der Waals surface area contributed by atoms with Crippen molar-refractivity contribution in [2.75, 3.05) is 0 Å². The fourth-order valence-corrected chi connectivity index (χ4v) is 0.493. The van der Waals surface area contributed by atoms with Crippen molar-refractivity contribution in [2.24, 2.45) is 0 Å². The molecule has 0 aromatic heterocycles. The van der Waals surface area contributed by atoms with Crippen LogP contribution in [-0.2, 0) is 0 Å². The largest absolute Gasteiger partial charge is 0.120 e. The summed E-state index contributed by atoms with van der Waals surface area (Å²) in [4.78, 5) is 0. The highest BCUT2D eigenvalue weighted by Gasteiger charge is 1.93. The number of rotatable bonds is 3. The van der Waals surface area contributed by atoms with Crippen LogP contribution in [0.3, 0.4) is 0 Å². The van der Waals surface area contributed by atoms with E-state index in [1.165, 1.54) is 5.92 Å². The summed E-state index contributed by atoms with van der Waals surface area (Å²) in [6.07, 6.45) is 8.65. The number of allylic oxidation sites excluding steroid dienone is 1. The molecule has 0 aliphatic carbocycles. The summed E-state index contributed by atoms with van der Waals surface area (Å²) in [6.45, 7) is 5.64. The molecule has 0 N–H and O–H groups in total. The molecular formula is C8H11. The van der Waals surface area contributed by atoms with Gasteiger partial charge in [0.05, 0.1) is 0 Å². The van der Waals surface area contributed by atoms with Crippen molar-refractivity contribution in [3.63, 3.8) is 0 Å². The van der Waals surface area contributed by atoms with E-state index in [2.05, 4.69) is 12.5 Å². The van der Waals surface area contributed by atoms with Gasteiger partial charge in [0.15, 0.2) is 0 Å². The van der Waals surface area contributed by atoms with Crippen molar-refractivity contribution in [1.29, 1.82) is 0 Å². The molecule has 0 heterocycles. The van der Waals surface area contributed by atoms with E-state index in [9.17, 15) is 0 Å². The predicted octanol–water partition coefficient (Wildman–Crippen LogP) is 2.18. The van der Waals surface area contributed by atoms with Crippen LogP contribution in [0.15, 0.2) is 12.7 Å². The molecule has 0 amide bonds. The zero-order valence-corrected chi connectivity index (χ0v) is 5.28. The highest BCUT2D eigenvalue weighted by Crippen LogP contribution is 2.07. The first-order chi connectivity index (χ1) is 3.81. The summed E-state index contributed by atoms with van der Waals surface area (Å²) in [5, 5.41) is 0. The molecule has 0 spiro atoms. The van der Waals surface area contributed by atoms with Gasteiger partial charge in [-0.05, 0) is 12.3 Å². The van der Waals surface area contributed by atoms with E-state index < -0.39 is 0 Å². The SMILES string of the molecule is C#CC[C](C)CC=C. The van der Waals surface area contributed by atoms with Crippen LogP contribution in [0, 0.1) is 18.3 Å². The van der Waals surface area contributed by atoms with Crippen LogP contribution in [-0.4, -0.2) is 0 Å². The van der Waals surface area contributed by atoms with E-state index in [1.54, 1.807) is 0 Å². The summed E-state index contributed by atoms with van der Waals surface area (Å²) in [6, 6.07) is 0. The average molecular weight is 107 g/mol. The van der Waals surface area contributed by atoms with Gasteiger partial charge in [-0.1, -0.05) is 13.0 Å². The van der Waals surface area contributed by atoms with Gasteiger partial charge in [0.25, 0.3) is 0 Å². The van der Waals surface area contributed by atoms with E-state index >= 15 is 0 Å². The van der Waals surface area contributed by atoms with Crippen molar-refractivity contribution in [2.45, 2.75) is 19.8 Å². The van der Waals surface area contributed by atoms with Crippen LogP contribution in [0.2, 0.25) is 0 Å². The highest BCUT2D eigenvalue weighted by atomic mass is 14.0. The fraction of sp³-hybridized carbons (Fsp3) is 0.375. The first-order valence-electron chi connectivity index (χ1n) is 2.67. The quantitative estimate of drug-likeness (QED) is 0.383. The van der Waals surface area contributed by atoms with E-state index in [0.717, 1.165) is 12.8 Å². The molecule has 0 bridgehead atoms. The molecule has 8 heavy (non-hydrogen) atoms. The number of hydrogen-bond acceptors (Lipinski definition) is 0. The monoisotopic (exact) mass is 107 g/mol. The van der Waals surface area contributed by atoms with Crippen molar-refractivity contribution in [3.8, 4) is 12.3 Å². The maximum Gasteiger partial charge on any atom is 0.0149 e. The second kappa shape index (κ2) is 4.46. The summed E-state index contributed by atoms with van der Waals surface area (Å²) in [5.74, 6) is 3.88. The van der Waals surface area contributed by atoms with Crippen LogP contribution in [0.4, 0.5) is 0 Å². The second-order valence-electron chi connectivity index (χ2n) is 1.83. The molecule has 0 aliphatic heterocycles. The van der Waals surface area contributed by atoms with Gasteiger partial charge in [-0.2, -0.15) is 0 Å². The highest BCUT2D eigenvalue weighted by molar-refractivity contribution is 5.02. The maximum atomic E-state index is 5.05. The van der Waals surface area contributed by atoms with Gasteiger partial charge >= 0.3 is 0 Å². The predicted molar refractivity (Wildman–Crippen MR) is 37.2 cm³/mol. The maximum absolute atomic E-state index is 5.05. The molecule has 0 heteroatoms. The first kappa shape index (κ1) is 7.30. The van der Waals surface area contributed by atoms with Crippen LogP contribution in [0.5, 0.6) is 0 Å². The lowest BCUT2D eigenvalue weighted by Gasteiger charge is -1.98. The minimum atomic E-state index is 0.784. The molecule has 0 aromatic carbocycles. The summed E-state index contributed by atoms with van der Waals surface area (Å²) >= 11 is 0. The summed E-state index contributed by atoms with van der Waals surface area (Å²) in [7, 11) is 0. The van der Waals surface area contributed by atoms with Crippen molar-refractivity contribution in [1.82, 2.24) is 0 Å². The van der Waals surface area contributed by atoms with E-state index in [-0.39, 0.29) is 0 Å². The first-order valence-corrected chi connectivity index (χ1v) is 2.67. The van der Waals surface area contributed by atoms with Gasteiger partial charge in [-0.3, -0.25) is 0 Å². The average Bonchev–Trinajstić information content (AvgIpc) is 1.68. The summed E-state index contributed by atoms with van der Waals surface area (Å²) < 4.78 is 0. The zero-order chi connectivity index (χ0) is 6.41. The molecule has 0 rings (SSSR count). The van der Waals surface area contributed by atoms with E-state index in [1.807, 2.05) is 13.0 Å². The molecule has 0 unspecified atom stereocenters. The minimum Gasteiger partial charge on any atom is -0.120 e. The van der Waals surface area contributed by atoms with Gasteiger partial charge in [0.1, 0.15) is 0 Å². The molecule has 0 fully saturated rings. The van der Waals surface area contributed by atoms with Gasteiger partial charge in [0.2, 0.25) is 0 Å². The Morgan fingerprint density at radius 2 is 2.50 bits per heavy atom. The Labute approximate surface area is 51.6 Å². The third-order valence-corrected chi connectivity index (χ3v) is 0.897. The molecule has 0 aliphatic rings. The third-order valence-electron chi connectivity index (χ3n) is 0.897. The molecule has 43 valence electrons. The Hall–Kier alpha value is -0.700. The van der Waals surface area contributed by atoms with Gasteiger partial charge < -0.3 is 0 Å². The van der Waals surface area contributed by atoms with Crippen LogP contribution in [0.25, 0.3) is 0 Å². The third kappa shape index (κ3) is 3.49. The smallest absolute Gasteiger partial charge is 0.0149 e. The second-order valence-corrected chi connectivity index (χ2v) is 1.83. The van der Waals surface area contributed by atoms with Crippen molar-refractivity contribution in [3.05, 3.63) is 18.6 Å². The van der Waals surface area contributed by atoms with Gasteiger partial charge in [-0.15, -0.1) is 18.9 Å². The Morgan fingerprint density at radius 3 is 2.88 bits per heavy atom. The Balaban J connectivity index is 3.20. The van der Waals surface area contributed by atoms with Gasteiger partial charge in [0, 0.05) is 6.42 Å². The molecule has 0 atom stereocenters. The molecule has 0 saturated carbocycles. The lowest BCUT2D eigenvalue weighted by Crippen LogP contribution is -1.84. The normalized spacial score (nSPS) is 8.62. The van der Waals surface area contributed by atoms with Crippen LogP contribution >= 0.6 is 0 Å². The standard InChI is InChI=1S/C8H11/c1-4-6-8(3)7-5-2/h1,5H,2,6-7H2,3H3. The number of terminal acetylenes is 1. The Bertz CT molecular complexity index is 95.1. The van der Waals surface area contributed by atoms with Crippen molar-refractivity contribution < 1.29 is 0 Å². The van der Waals surface area contributed by atoms with Crippen LogP contribution < -0.4 is 0 Å². The fourth-order valence-electron chi connectivity index (χ4n) is 0.493. The number of hydrogen-bond donors (Lipinski definition) is 0. The Kier molecular flexibility index (Phi) is 4.07. The van der Waals surface area contributed by atoms with Crippen LogP contribution in [0.1, 0.15) is 19.8 Å². The molecular weight excluding hydrogens is 96.1 g/mol. The topological polar surface area (TPSA) is 0 Å². The van der Waals surface area contributed by atoms with E-state index in [4.69, 9.17) is 6.42 Å². The molecule has 0 aromatic rings. The van der Waals surface area contributed by atoms with Crippen molar-refractivity contribution >= 4 is 0 Å². The molecule has 1 radical (unpaired) electrons. The molecule has 0 saturated heterocycles.